The van der Waals surface area contributed by atoms with Gasteiger partial charge in [-0.25, -0.2) is 4.98 Å². The molecule has 0 amide bonds. The van der Waals surface area contributed by atoms with Gasteiger partial charge in [-0.15, -0.1) is 0 Å². The lowest BCUT2D eigenvalue weighted by Gasteiger charge is -2.12. The minimum Gasteiger partial charge on any atom is -0.494 e. The second-order valence-electron chi connectivity index (χ2n) is 7.25. The summed E-state index contributed by atoms with van der Waals surface area (Å²) in [5, 5.41) is 10.1. The molecule has 1 heterocycles. The highest BCUT2D eigenvalue weighted by molar-refractivity contribution is 5.78. The smallest absolute Gasteiger partial charge is 0.138 e. The van der Waals surface area contributed by atoms with Gasteiger partial charge in [0, 0.05) is 6.54 Å². The number of nitrogens with zero attached hydrogens (tertiary/aromatic N) is 2. The van der Waals surface area contributed by atoms with Crippen molar-refractivity contribution in [1.82, 2.24) is 9.55 Å². The average Bonchev–Trinajstić information content (AvgIpc) is 2.89. The minimum absolute atomic E-state index is 0.594. The van der Waals surface area contributed by atoms with Crippen molar-refractivity contribution in [2.75, 3.05) is 6.61 Å². The van der Waals surface area contributed by atoms with Gasteiger partial charge < -0.3 is 14.4 Å². The van der Waals surface area contributed by atoms with Gasteiger partial charge in [0.15, 0.2) is 0 Å². The molecule has 0 spiro atoms. The van der Waals surface area contributed by atoms with E-state index < -0.39 is 6.10 Å². The molecule has 1 N–H and O–H groups in total. The van der Waals surface area contributed by atoms with Crippen LogP contribution in [-0.4, -0.2) is 21.3 Å². The first-order valence-corrected chi connectivity index (χ1v) is 9.21. The number of rotatable bonds is 6. The van der Waals surface area contributed by atoms with Gasteiger partial charge in [0.2, 0.25) is 0 Å². The lowest BCUT2D eigenvalue weighted by atomic mass is 10.1. The van der Waals surface area contributed by atoms with E-state index in [-0.39, 0.29) is 0 Å². The molecule has 0 bridgehead atoms. The number of imidazole rings is 1. The molecule has 4 heteroatoms. The second kappa shape index (κ2) is 7.50. The van der Waals surface area contributed by atoms with Crippen LogP contribution < -0.4 is 4.74 Å². The maximum Gasteiger partial charge on any atom is 0.138 e. The molecule has 0 fully saturated rings. The molecule has 1 atom stereocenters. The van der Waals surface area contributed by atoms with E-state index in [4.69, 9.17) is 4.74 Å². The predicted molar refractivity (Wildman–Crippen MR) is 106 cm³/mol. The minimum atomic E-state index is -0.594. The number of aromatic nitrogens is 2. The number of hydrogen-bond acceptors (Lipinski definition) is 3. The number of aryl methyl sites for hydroxylation is 5. The van der Waals surface area contributed by atoms with Crippen LogP contribution in [0.4, 0.5) is 0 Å². The Morgan fingerprint density at radius 1 is 1.00 bits per heavy atom. The van der Waals surface area contributed by atoms with Crippen LogP contribution >= 0.6 is 0 Å². The van der Waals surface area contributed by atoms with Crippen molar-refractivity contribution in [1.29, 1.82) is 0 Å². The van der Waals surface area contributed by atoms with Crippen molar-refractivity contribution < 1.29 is 9.84 Å². The zero-order valence-corrected chi connectivity index (χ0v) is 16.3. The molecule has 1 aromatic heterocycles. The van der Waals surface area contributed by atoms with Crippen molar-refractivity contribution in [3.63, 3.8) is 0 Å². The largest absolute Gasteiger partial charge is 0.494 e. The third kappa shape index (κ3) is 3.91. The molecule has 0 aliphatic rings. The molecule has 0 aliphatic heterocycles. The fourth-order valence-corrected chi connectivity index (χ4v) is 3.38. The van der Waals surface area contributed by atoms with E-state index in [9.17, 15) is 5.11 Å². The Morgan fingerprint density at radius 3 is 2.31 bits per heavy atom. The van der Waals surface area contributed by atoms with Gasteiger partial charge in [0.05, 0.1) is 17.6 Å². The first kappa shape index (κ1) is 18.5. The molecule has 3 rings (SSSR count). The lowest BCUT2D eigenvalue weighted by Crippen LogP contribution is -2.10. The Kier molecular flexibility index (Phi) is 5.33. The van der Waals surface area contributed by atoms with E-state index in [2.05, 4.69) is 67.6 Å². The summed E-state index contributed by atoms with van der Waals surface area (Å²) < 4.78 is 8.05. The fraction of sp³-hybridized carbons (Fsp3) is 0.409. The normalized spacial score (nSPS) is 12.5. The summed E-state index contributed by atoms with van der Waals surface area (Å²) >= 11 is 0. The molecule has 0 saturated carbocycles. The Hall–Kier alpha value is -2.33. The van der Waals surface area contributed by atoms with Gasteiger partial charge in [-0.2, -0.15) is 0 Å². The molecule has 1 unspecified atom stereocenters. The molecule has 26 heavy (non-hydrogen) atoms. The van der Waals surface area contributed by atoms with Gasteiger partial charge in [-0.3, -0.25) is 0 Å². The monoisotopic (exact) mass is 352 g/mol. The molecule has 0 aliphatic carbocycles. The van der Waals surface area contributed by atoms with Crippen LogP contribution in [0.3, 0.4) is 0 Å². The summed E-state index contributed by atoms with van der Waals surface area (Å²) in [6.45, 7) is 11.5. The van der Waals surface area contributed by atoms with E-state index in [1.165, 1.54) is 22.3 Å². The van der Waals surface area contributed by atoms with Crippen molar-refractivity contribution >= 4 is 11.0 Å². The van der Waals surface area contributed by atoms with E-state index in [0.717, 1.165) is 35.6 Å². The molecule has 2 aromatic carbocycles. The molecule has 0 radical (unpaired) electrons. The van der Waals surface area contributed by atoms with Crippen LogP contribution in [0.2, 0.25) is 0 Å². The molecule has 3 aromatic rings. The molecular formula is C22H28N2O2. The quantitative estimate of drug-likeness (QED) is 0.649. The van der Waals surface area contributed by atoms with Gasteiger partial charge in [0.25, 0.3) is 0 Å². The predicted octanol–water partition coefficient (Wildman–Crippen LogP) is 4.79. The zero-order chi connectivity index (χ0) is 18.8. The number of hydrogen-bond donors (Lipinski definition) is 1. The third-order valence-corrected chi connectivity index (χ3v) is 4.76. The third-order valence-electron chi connectivity index (χ3n) is 4.76. The lowest BCUT2D eigenvalue weighted by molar-refractivity contribution is 0.183. The summed E-state index contributed by atoms with van der Waals surface area (Å²) in [5.41, 5.74) is 6.90. The summed E-state index contributed by atoms with van der Waals surface area (Å²) in [6, 6.07) is 10.5. The van der Waals surface area contributed by atoms with Gasteiger partial charge in [0.1, 0.15) is 17.7 Å². The first-order chi connectivity index (χ1) is 12.3. The van der Waals surface area contributed by atoms with Gasteiger partial charge in [-0.1, -0.05) is 6.07 Å². The highest BCUT2D eigenvalue weighted by Gasteiger charge is 2.15. The van der Waals surface area contributed by atoms with Crippen LogP contribution in [0.15, 0.2) is 30.3 Å². The van der Waals surface area contributed by atoms with Gasteiger partial charge in [-0.05, 0) is 87.6 Å². The SMILES string of the molecule is Cc1cc(C)cc(OCCCn2c(C(C)O)nc3cc(C)c(C)cc32)c1. The van der Waals surface area contributed by atoms with Crippen molar-refractivity contribution in [2.45, 2.75) is 53.7 Å². The number of aliphatic hydroxyl groups is 1. The standard InChI is InChI=1S/C22H28N2O2/c1-14-9-15(2)11-19(10-14)26-8-6-7-24-21-13-17(4)16(3)12-20(21)23-22(24)18(5)25/h9-13,18,25H,6-8H2,1-5H3. The number of ether oxygens (including phenoxy) is 1. The van der Waals surface area contributed by atoms with Crippen LogP contribution in [0.25, 0.3) is 11.0 Å². The highest BCUT2D eigenvalue weighted by Crippen LogP contribution is 2.24. The first-order valence-electron chi connectivity index (χ1n) is 9.21. The summed E-state index contributed by atoms with van der Waals surface area (Å²) in [7, 11) is 0. The molecule has 138 valence electrons. The summed E-state index contributed by atoms with van der Waals surface area (Å²) in [6.07, 6.45) is 0.258. The highest BCUT2D eigenvalue weighted by atomic mass is 16.5. The van der Waals surface area contributed by atoms with Crippen LogP contribution in [0, 0.1) is 27.7 Å². The Bertz CT molecular complexity index is 905. The number of aliphatic hydroxyl groups excluding tert-OH is 1. The second-order valence-corrected chi connectivity index (χ2v) is 7.25. The maximum absolute atomic E-state index is 10.1. The van der Waals surface area contributed by atoms with Crippen LogP contribution in [0.5, 0.6) is 5.75 Å². The van der Waals surface area contributed by atoms with Crippen molar-refractivity contribution in [3.05, 3.63) is 58.4 Å². The average molecular weight is 352 g/mol. The zero-order valence-electron chi connectivity index (χ0n) is 16.3. The van der Waals surface area contributed by atoms with Crippen LogP contribution in [0.1, 0.15) is 47.5 Å². The molecule has 4 nitrogen and oxygen atoms in total. The Balaban J connectivity index is 1.75. The van der Waals surface area contributed by atoms with E-state index in [0.29, 0.717) is 6.61 Å². The van der Waals surface area contributed by atoms with E-state index >= 15 is 0 Å². The summed E-state index contributed by atoms with van der Waals surface area (Å²) in [4.78, 5) is 4.65. The van der Waals surface area contributed by atoms with Gasteiger partial charge >= 0.3 is 0 Å². The van der Waals surface area contributed by atoms with Crippen molar-refractivity contribution in [3.8, 4) is 5.75 Å². The number of benzene rings is 2. The Labute approximate surface area is 155 Å². The maximum atomic E-state index is 10.1. The Morgan fingerprint density at radius 2 is 1.65 bits per heavy atom. The van der Waals surface area contributed by atoms with Crippen LogP contribution in [-0.2, 0) is 6.54 Å². The molecular weight excluding hydrogens is 324 g/mol. The fourth-order valence-electron chi connectivity index (χ4n) is 3.38. The van der Waals surface area contributed by atoms with Crippen molar-refractivity contribution in [2.24, 2.45) is 0 Å². The molecule has 0 saturated heterocycles. The van der Waals surface area contributed by atoms with E-state index in [1.54, 1.807) is 6.92 Å². The topological polar surface area (TPSA) is 47.3 Å². The number of fused-ring (bicyclic) bond motifs is 1. The van der Waals surface area contributed by atoms with E-state index in [1.807, 2.05) is 0 Å². The summed E-state index contributed by atoms with van der Waals surface area (Å²) in [5.74, 6) is 1.64.